The average molecular weight is 420 g/mol. The Hall–Kier alpha value is -2.21. The predicted octanol–water partition coefficient (Wildman–Crippen LogP) is 3.74. The van der Waals surface area contributed by atoms with Crippen LogP contribution in [0.25, 0.3) is 0 Å². The highest BCUT2D eigenvalue weighted by atomic mass is 79.9. The maximum absolute atomic E-state index is 12.0. The number of nitrogens with one attached hydrogen (secondary N) is 1. The Labute approximate surface area is 161 Å². The van der Waals surface area contributed by atoms with Crippen LogP contribution in [-0.4, -0.2) is 32.3 Å². The van der Waals surface area contributed by atoms with Crippen molar-refractivity contribution in [3.63, 3.8) is 0 Å². The molecule has 0 atom stereocenters. The van der Waals surface area contributed by atoms with Crippen molar-refractivity contribution in [2.24, 2.45) is 0 Å². The van der Waals surface area contributed by atoms with Crippen molar-refractivity contribution in [3.05, 3.63) is 52.5 Å². The molecule has 0 radical (unpaired) electrons. The molecular weight excluding hydrogens is 398 g/mol. The quantitative estimate of drug-likeness (QED) is 0.694. The number of halogens is 1. The van der Waals surface area contributed by atoms with Crippen LogP contribution in [0.3, 0.4) is 0 Å². The van der Waals surface area contributed by atoms with Crippen molar-refractivity contribution < 1.29 is 19.0 Å². The van der Waals surface area contributed by atoms with Gasteiger partial charge in [0.05, 0.1) is 19.8 Å². The Morgan fingerprint density at radius 3 is 2.65 bits per heavy atom. The zero-order valence-corrected chi connectivity index (χ0v) is 16.1. The van der Waals surface area contributed by atoms with Crippen molar-refractivity contribution >= 4 is 21.8 Å². The van der Waals surface area contributed by atoms with Gasteiger partial charge in [0.1, 0.15) is 12.4 Å². The first-order valence-electron chi connectivity index (χ1n) is 8.74. The zero-order chi connectivity index (χ0) is 18.2. The van der Waals surface area contributed by atoms with E-state index in [0.29, 0.717) is 39.2 Å². The third kappa shape index (κ3) is 5.66. The normalized spacial score (nSPS) is 13.0. The molecule has 0 saturated carbocycles. The Kier molecular flexibility index (Phi) is 6.77. The first-order valence-corrected chi connectivity index (χ1v) is 9.53. The molecule has 138 valence electrons. The lowest BCUT2D eigenvalue weighted by Gasteiger charge is -2.10. The van der Waals surface area contributed by atoms with Crippen molar-refractivity contribution in [2.45, 2.75) is 19.3 Å². The lowest BCUT2D eigenvalue weighted by Crippen LogP contribution is -2.28. The van der Waals surface area contributed by atoms with Gasteiger partial charge in [-0.15, -0.1) is 0 Å². The van der Waals surface area contributed by atoms with E-state index in [1.807, 2.05) is 42.5 Å². The van der Waals surface area contributed by atoms with E-state index in [2.05, 4.69) is 21.2 Å². The molecule has 1 amide bonds. The molecule has 0 aromatic heterocycles. The minimum Gasteiger partial charge on any atom is -0.492 e. The highest BCUT2D eigenvalue weighted by molar-refractivity contribution is 9.10. The van der Waals surface area contributed by atoms with Crippen LogP contribution in [0.2, 0.25) is 0 Å². The van der Waals surface area contributed by atoms with Gasteiger partial charge in [-0.2, -0.15) is 0 Å². The van der Waals surface area contributed by atoms with E-state index in [1.54, 1.807) is 0 Å². The second kappa shape index (κ2) is 9.48. The monoisotopic (exact) mass is 419 g/mol. The van der Waals surface area contributed by atoms with Crippen LogP contribution < -0.4 is 19.5 Å². The predicted molar refractivity (Wildman–Crippen MR) is 103 cm³/mol. The number of aryl methyl sites for hydroxylation is 1. The highest BCUT2D eigenvalue weighted by Gasteiger charge is 2.11. The van der Waals surface area contributed by atoms with Crippen LogP contribution in [0.4, 0.5) is 0 Å². The number of carbonyl (C=O) groups is 1. The Morgan fingerprint density at radius 1 is 1.08 bits per heavy atom. The fourth-order valence-corrected chi connectivity index (χ4v) is 2.86. The van der Waals surface area contributed by atoms with Gasteiger partial charge >= 0.3 is 0 Å². The van der Waals surface area contributed by atoms with Gasteiger partial charge in [-0.3, -0.25) is 4.79 Å². The summed E-state index contributed by atoms with van der Waals surface area (Å²) in [7, 11) is 0. The number of hydrogen-bond donors (Lipinski definition) is 1. The summed E-state index contributed by atoms with van der Waals surface area (Å²) in [6.45, 7) is 2.26. The summed E-state index contributed by atoms with van der Waals surface area (Å²) in [6, 6.07) is 13.5. The maximum Gasteiger partial charge on any atom is 0.220 e. The number of amides is 1. The number of benzene rings is 2. The van der Waals surface area contributed by atoms with Gasteiger partial charge < -0.3 is 19.5 Å². The van der Waals surface area contributed by atoms with Gasteiger partial charge in [-0.1, -0.05) is 22.0 Å². The molecule has 0 bridgehead atoms. The van der Waals surface area contributed by atoms with E-state index in [1.165, 1.54) is 0 Å². The third-order valence-corrected chi connectivity index (χ3v) is 4.49. The number of hydrogen-bond acceptors (Lipinski definition) is 4. The number of ether oxygens (including phenoxy) is 3. The topological polar surface area (TPSA) is 56.8 Å². The van der Waals surface area contributed by atoms with Crippen LogP contribution in [0.15, 0.2) is 46.9 Å². The SMILES string of the molecule is O=C(CCc1ccc2c(c1)OCCCO2)NCCOc1ccc(Br)cc1. The van der Waals surface area contributed by atoms with Crippen LogP contribution in [0.1, 0.15) is 18.4 Å². The molecule has 2 aromatic rings. The van der Waals surface area contributed by atoms with E-state index in [0.717, 1.165) is 33.7 Å². The lowest BCUT2D eigenvalue weighted by atomic mass is 10.1. The van der Waals surface area contributed by atoms with Gasteiger partial charge in [0.25, 0.3) is 0 Å². The smallest absolute Gasteiger partial charge is 0.220 e. The van der Waals surface area contributed by atoms with E-state index in [4.69, 9.17) is 14.2 Å². The van der Waals surface area contributed by atoms with Crippen LogP contribution in [-0.2, 0) is 11.2 Å². The van der Waals surface area contributed by atoms with Gasteiger partial charge in [0.15, 0.2) is 11.5 Å². The van der Waals surface area contributed by atoms with Gasteiger partial charge in [-0.25, -0.2) is 0 Å². The Bertz CT molecular complexity index is 733. The fraction of sp³-hybridized carbons (Fsp3) is 0.350. The van der Waals surface area contributed by atoms with E-state index in [-0.39, 0.29) is 5.91 Å². The molecule has 0 aliphatic carbocycles. The average Bonchev–Trinajstić information content (AvgIpc) is 2.90. The molecule has 0 fully saturated rings. The van der Waals surface area contributed by atoms with Crippen molar-refractivity contribution in [1.82, 2.24) is 5.32 Å². The van der Waals surface area contributed by atoms with Crippen molar-refractivity contribution in [1.29, 1.82) is 0 Å². The summed E-state index contributed by atoms with van der Waals surface area (Å²) in [5.74, 6) is 2.34. The molecule has 5 nitrogen and oxygen atoms in total. The molecule has 0 unspecified atom stereocenters. The van der Waals surface area contributed by atoms with Gasteiger partial charge in [0, 0.05) is 17.3 Å². The molecule has 26 heavy (non-hydrogen) atoms. The first-order chi connectivity index (χ1) is 12.7. The molecule has 1 aliphatic rings. The van der Waals surface area contributed by atoms with Gasteiger partial charge in [0.2, 0.25) is 5.91 Å². The Morgan fingerprint density at radius 2 is 1.85 bits per heavy atom. The number of rotatable bonds is 7. The van der Waals surface area contributed by atoms with Gasteiger partial charge in [-0.05, 0) is 48.4 Å². The van der Waals surface area contributed by atoms with Crippen molar-refractivity contribution in [2.75, 3.05) is 26.4 Å². The van der Waals surface area contributed by atoms with Crippen LogP contribution in [0, 0.1) is 0 Å². The van der Waals surface area contributed by atoms with Crippen LogP contribution in [0.5, 0.6) is 17.2 Å². The fourth-order valence-electron chi connectivity index (χ4n) is 2.60. The highest BCUT2D eigenvalue weighted by Crippen LogP contribution is 2.30. The maximum atomic E-state index is 12.0. The lowest BCUT2D eigenvalue weighted by molar-refractivity contribution is -0.121. The van der Waals surface area contributed by atoms with Crippen molar-refractivity contribution in [3.8, 4) is 17.2 Å². The standard InChI is InChI=1S/C20H22BrNO4/c21-16-4-6-17(7-5-16)24-13-10-22-20(23)9-3-15-2-8-18-19(14-15)26-12-1-11-25-18/h2,4-8,14H,1,3,9-13H2,(H,22,23). The molecular formula is C20H22BrNO4. The molecule has 6 heteroatoms. The summed E-state index contributed by atoms with van der Waals surface area (Å²) < 4.78 is 17.9. The van der Waals surface area contributed by atoms with E-state index < -0.39 is 0 Å². The largest absolute Gasteiger partial charge is 0.492 e. The second-order valence-electron chi connectivity index (χ2n) is 5.98. The molecule has 0 saturated heterocycles. The summed E-state index contributed by atoms with van der Waals surface area (Å²) in [5.41, 5.74) is 1.07. The molecule has 1 N–H and O–H groups in total. The summed E-state index contributed by atoms with van der Waals surface area (Å²) >= 11 is 3.38. The van der Waals surface area contributed by atoms with E-state index in [9.17, 15) is 4.79 Å². The third-order valence-electron chi connectivity index (χ3n) is 3.96. The summed E-state index contributed by atoms with van der Waals surface area (Å²) in [5, 5.41) is 2.88. The molecule has 3 rings (SSSR count). The minimum absolute atomic E-state index is 0.0107. The molecule has 1 heterocycles. The summed E-state index contributed by atoms with van der Waals surface area (Å²) in [6.07, 6.45) is 1.97. The molecule has 0 spiro atoms. The van der Waals surface area contributed by atoms with E-state index >= 15 is 0 Å². The Balaban J connectivity index is 1.37. The zero-order valence-electron chi connectivity index (χ0n) is 14.5. The van der Waals surface area contributed by atoms with Crippen LogP contribution >= 0.6 is 15.9 Å². The number of carbonyl (C=O) groups excluding carboxylic acids is 1. The molecule has 2 aromatic carbocycles. The minimum atomic E-state index is 0.0107. The second-order valence-corrected chi connectivity index (χ2v) is 6.90. The molecule has 1 aliphatic heterocycles. The number of fused-ring (bicyclic) bond motifs is 1. The summed E-state index contributed by atoms with van der Waals surface area (Å²) in [4.78, 5) is 12.0. The first kappa shape index (κ1) is 18.6.